The van der Waals surface area contributed by atoms with E-state index in [1.54, 1.807) is 0 Å². The Labute approximate surface area is 114 Å². The zero-order chi connectivity index (χ0) is 14.9. The topological polar surface area (TPSA) is 109 Å². The van der Waals surface area contributed by atoms with Gasteiger partial charge in [0.2, 0.25) is 5.91 Å². The number of methoxy groups -OCH3 is 1. The highest BCUT2D eigenvalue weighted by Gasteiger charge is 2.35. The zero-order valence-electron chi connectivity index (χ0n) is 10.5. The fourth-order valence-electron chi connectivity index (χ4n) is 2.06. The van der Waals surface area contributed by atoms with Gasteiger partial charge in [-0.1, -0.05) is 0 Å². The number of anilines is 1. The first-order valence-corrected chi connectivity index (χ1v) is 7.22. The van der Waals surface area contributed by atoms with Crippen molar-refractivity contribution < 1.29 is 26.6 Å². The summed E-state index contributed by atoms with van der Waals surface area (Å²) in [6.45, 7) is 0.0352. The number of ether oxygens (including phenoxy) is 1. The molecule has 0 bridgehead atoms. The highest BCUT2D eigenvalue weighted by molar-refractivity contribution is 7.86. The van der Waals surface area contributed by atoms with Crippen molar-refractivity contribution in [2.45, 2.75) is 6.42 Å². The number of rotatable bonds is 4. The lowest BCUT2D eigenvalue weighted by Gasteiger charge is -2.12. The number of esters is 1. The number of amides is 1. The molecule has 2 heterocycles. The summed E-state index contributed by atoms with van der Waals surface area (Å²) < 4.78 is 38.3. The molecule has 2 rings (SSSR count). The van der Waals surface area contributed by atoms with E-state index in [1.165, 1.54) is 18.1 Å². The van der Waals surface area contributed by atoms with E-state index >= 15 is 0 Å². The van der Waals surface area contributed by atoms with Crippen LogP contribution in [-0.2, 0) is 19.8 Å². The summed E-state index contributed by atoms with van der Waals surface area (Å²) in [5.74, 6) is -2.17. The molecule has 0 aliphatic carbocycles. The van der Waals surface area contributed by atoms with E-state index < -0.39 is 27.9 Å². The maximum absolute atomic E-state index is 12.6. The Bertz CT molecular complexity index is 641. The van der Waals surface area contributed by atoms with Gasteiger partial charge in [0.25, 0.3) is 0 Å². The molecule has 1 aliphatic heterocycles. The van der Waals surface area contributed by atoms with E-state index in [4.69, 9.17) is 0 Å². The van der Waals surface area contributed by atoms with Gasteiger partial charge >= 0.3 is 16.2 Å². The number of carbonyl (C=O) groups is 2. The van der Waals surface area contributed by atoms with Crippen molar-refractivity contribution in [3.05, 3.63) is 11.8 Å². The molecule has 1 atom stereocenters. The second kappa shape index (κ2) is 5.19. The van der Waals surface area contributed by atoms with Crippen LogP contribution in [0.25, 0.3) is 0 Å². The summed E-state index contributed by atoms with van der Waals surface area (Å²) >= 11 is 0. The molecule has 0 saturated carbocycles. The van der Waals surface area contributed by atoms with E-state index in [0.29, 0.717) is 0 Å². The largest absolute Gasteiger partial charge is 0.464 e. The first-order valence-electron chi connectivity index (χ1n) is 5.66. The average molecular weight is 305 g/mol. The van der Waals surface area contributed by atoms with Crippen LogP contribution in [0, 0.1) is 5.92 Å². The van der Waals surface area contributed by atoms with Gasteiger partial charge in [0.05, 0.1) is 12.9 Å². The fourth-order valence-corrected chi connectivity index (χ4v) is 2.85. The molecule has 1 aliphatic rings. The molecule has 1 aromatic heterocycles. The minimum atomic E-state index is -4.63. The van der Waals surface area contributed by atoms with E-state index in [9.17, 15) is 21.9 Å². The Balaban J connectivity index is 2.12. The number of nitrogens with zero attached hydrogens (tertiary/aromatic N) is 2. The van der Waals surface area contributed by atoms with Crippen LogP contribution in [0.1, 0.15) is 16.9 Å². The number of halogens is 1. The molecule has 1 unspecified atom stereocenters. The smallest absolute Gasteiger partial charge is 0.356 e. The van der Waals surface area contributed by atoms with Crippen molar-refractivity contribution in [2.75, 3.05) is 24.3 Å². The fraction of sp³-hybridized carbons (Fsp3) is 0.500. The normalized spacial score (nSPS) is 19.4. The van der Waals surface area contributed by atoms with Gasteiger partial charge in [0.15, 0.2) is 5.82 Å². The Morgan fingerprint density at radius 3 is 2.95 bits per heavy atom. The molecule has 0 spiro atoms. The summed E-state index contributed by atoms with van der Waals surface area (Å²) in [6.07, 6.45) is -0.0798. The average Bonchev–Trinajstić information content (AvgIpc) is 2.92. The van der Waals surface area contributed by atoms with Crippen molar-refractivity contribution in [1.82, 2.24) is 10.2 Å². The summed E-state index contributed by atoms with van der Waals surface area (Å²) in [5, 5.41) is 6.19. The monoisotopic (exact) mass is 305 g/mol. The predicted molar refractivity (Wildman–Crippen MR) is 65.3 cm³/mol. The van der Waals surface area contributed by atoms with E-state index in [1.807, 2.05) is 0 Å². The summed E-state index contributed by atoms with van der Waals surface area (Å²) in [4.78, 5) is 24.2. The molecule has 20 heavy (non-hydrogen) atoms. The van der Waals surface area contributed by atoms with Gasteiger partial charge in [-0.2, -0.15) is 13.5 Å². The van der Waals surface area contributed by atoms with Crippen LogP contribution in [0.4, 0.5) is 9.70 Å². The van der Waals surface area contributed by atoms with Gasteiger partial charge in [0.1, 0.15) is 5.69 Å². The number of aromatic nitrogens is 2. The molecular weight excluding hydrogens is 293 g/mol. The Morgan fingerprint density at radius 1 is 1.65 bits per heavy atom. The van der Waals surface area contributed by atoms with Gasteiger partial charge in [0, 0.05) is 24.9 Å². The number of H-pyrrole nitrogens is 1. The lowest BCUT2D eigenvalue weighted by atomic mass is 10.1. The molecule has 8 nitrogen and oxygen atoms in total. The molecule has 1 N–H and O–H groups in total. The quantitative estimate of drug-likeness (QED) is 0.612. The second-order valence-electron chi connectivity index (χ2n) is 4.41. The van der Waals surface area contributed by atoms with E-state index in [-0.39, 0.29) is 30.4 Å². The Morgan fingerprint density at radius 2 is 2.35 bits per heavy atom. The standard InChI is InChI=1S/C10H12FN3O5S/c1-19-10(16)7-3-8(13-12-7)14-4-6(2-9(14)15)5-20(11,17)18/h3,6H,2,4-5H2,1H3,(H,12,13). The number of carbonyl (C=O) groups excluding carboxylic acids is 2. The van der Waals surface area contributed by atoms with Crippen molar-refractivity contribution in [3.63, 3.8) is 0 Å². The number of hydrogen-bond donors (Lipinski definition) is 1. The van der Waals surface area contributed by atoms with Crippen LogP contribution >= 0.6 is 0 Å². The molecule has 1 amide bonds. The maximum atomic E-state index is 12.6. The second-order valence-corrected chi connectivity index (χ2v) is 5.82. The molecule has 1 saturated heterocycles. The zero-order valence-corrected chi connectivity index (χ0v) is 11.3. The molecule has 0 radical (unpaired) electrons. The Kier molecular flexibility index (Phi) is 3.75. The molecule has 110 valence electrons. The van der Waals surface area contributed by atoms with Crippen LogP contribution in [0.15, 0.2) is 6.07 Å². The van der Waals surface area contributed by atoms with E-state index in [0.717, 1.165) is 0 Å². The van der Waals surface area contributed by atoms with Crippen LogP contribution in [0.5, 0.6) is 0 Å². The van der Waals surface area contributed by atoms with Crippen molar-refractivity contribution >= 4 is 27.9 Å². The van der Waals surface area contributed by atoms with Gasteiger partial charge in [-0.15, -0.1) is 3.89 Å². The lowest BCUT2D eigenvalue weighted by molar-refractivity contribution is -0.117. The van der Waals surface area contributed by atoms with Crippen molar-refractivity contribution in [2.24, 2.45) is 5.92 Å². The van der Waals surface area contributed by atoms with Crippen LogP contribution < -0.4 is 4.90 Å². The first-order chi connectivity index (χ1) is 9.30. The highest BCUT2D eigenvalue weighted by Crippen LogP contribution is 2.25. The van der Waals surface area contributed by atoms with E-state index in [2.05, 4.69) is 14.9 Å². The minimum Gasteiger partial charge on any atom is -0.464 e. The van der Waals surface area contributed by atoms with Crippen molar-refractivity contribution in [3.8, 4) is 0 Å². The number of hydrogen-bond acceptors (Lipinski definition) is 6. The molecule has 1 fully saturated rings. The molecular formula is C10H12FN3O5S. The third-order valence-electron chi connectivity index (χ3n) is 2.89. The van der Waals surface area contributed by atoms with Gasteiger partial charge in [-0.05, 0) is 0 Å². The number of aromatic amines is 1. The first kappa shape index (κ1) is 14.4. The summed E-state index contributed by atoms with van der Waals surface area (Å²) in [7, 11) is -3.43. The number of nitrogens with one attached hydrogen (secondary N) is 1. The highest BCUT2D eigenvalue weighted by atomic mass is 32.3. The third-order valence-corrected chi connectivity index (χ3v) is 3.76. The molecule has 1 aromatic rings. The summed E-state index contributed by atoms with van der Waals surface area (Å²) in [6, 6.07) is 1.32. The van der Waals surface area contributed by atoms with Crippen LogP contribution in [-0.4, -0.2) is 49.9 Å². The SMILES string of the molecule is COC(=O)c1cc(N2CC(CS(=O)(=O)F)CC2=O)n[nH]1. The maximum Gasteiger partial charge on any atom is 0.356 e. The predicted octanol–water partition coefficient (Wildman–Crippen LogP) is -0.152. The van der Waals surface area contributed by atoms with Crippen LogP contribution in [0.2, 0.25) is 0 Å². The molecule has 0 aromatic carbocycles. The minimum absolute atomic E-state index is 0.0352. The van der Waals surface area contributed by atoms with Crippen LogP contribution in [0.3, 0.4) is 0 Å². The third kappa shape index (κ3) is 3.13. The Hall–Kier alpha value is -1.97. The summed E-state index contributed by atoms with van der Waals surface area (Å²) in [5.41, 5.74) is 0.0665. The lowest BCUT2D eigenvalue weighted by Crippen LogP contribution is -2.25. The van der Waals surface area contributed by atoms with Gasteiger partial charge < -0.3 is 4.74 Å². The molecule has 10 heteroatoms. The van der Waals surface area contributed by atoms with Gasteiger partial charge in [-0.25, -0.2) is 4.79 Å². The van der Waals surface area contributed by atoms with Gasteiger partial charge in [-0.3, -0.25) is 14.8 Å². The van der Waals surface area contributed by atoms with Crippen molar-refractivity contribution in [1.29, 1.82) is 0 Å².